The molecule has 2 aliphatic rings. The van der Waals surface area contributed by atoms with Crippen molar-refractivity contribution in [1.82, 2.24) is 15.2 Å². The summed E-state index contributed by atoms with van der Waals surface area (Å²) in [7, 11) is 0. The average molecular weight is 294 g/mol. The van der Waals surface area contributed by atoms with Crippen LogP contribution in [0.25, 0.3) is 0 Å². The van der Waals surface area contributed by atoms with Crippen LogP contribution in [0, 0.1) is 5.92 Å². The molecule has 5 heteroatoms. The molecule has 2 heterocycles. The number of aromatic nitrogens is 1. The molecule has 1 aromatic heterocycles. The van der Waals surface area contributed by atoms with E-state index in [9.17, 15) is 0 Å². The molecule has 0 radical (unpaired) electrons. The largest absolute Gasteiger partial charge is 0.346 e. The fraction of sp³-hybridized carbons (Fsp3) is 0.800. The van der Waals surface area contributed by atoms with Gasteiger partial charge in [0.2, 0.25) is 0 Å². The zero-order chi connectivity index (χ0) is 13.9. The van der Waals surface area contributed by atoms with Gasteiger partial charge in [-0.25, -0.2) is 4.98 Å². The molecule has 2 fully saturated rings. The van der Waals surface area contributed by atoms with Crippen molar-refractivity contribution in [2.24, 2.45) is 5.92 Å². The van der Waals surface area contributed by atoms with Crippen LogP contribution in [-0.4, -0.2) is 54.7 Å². The standard InChI is InChI=1S/C15H26N4S/c1-12(2)17-11-13-3-4-14(13)18-6-8-19(9-7-18)15-16-5-10-20-15/h5,10,12-14,17H,3-4,6-9,11H2,1-2H3. The summed E-state index contributed by atoms with van der Waals surface area (Å²) in [5.74, 6) is 0.865. The number of nitrogens with one attached hydrogen (secondary N) is 1. The quantitative estimate of drug-likeness (QED) is 0.900. The maximum absolute atomic E-state index is 4.42. The Morgan fingerprint density at radius 1 is 1.30 bits per heavy atom. The highest BCUT2D eigenvalue weighted by Gasteiger charge is 2.36. The van der Waals surface area contributed by atoms with E-state index in [4.69, 9.17) is 0 Å². The summed E-state index contributed by atoms with van der Waals surface area (Å²) in [5, 5.41) is 6.86. The van der Waals surface area contributed by atoms with E-state index >= 15 is 0 Å². The fourth-order valence-electron chi connectivity index (χ4n) is 3.27. The number of hydrogen-bond acceptors (Lipinski definition) is 5. The van der Waals surface area contributed by atoms with Crippen LogP contribution in [0.5, 0.6) is 0 Å². The molecular weight excluding hydrogens is 268 g/mol. The molecule has 1 aromatic rings. The van der Waals surface area contributed by atoms with Gasteiger partial charge in [0.05, 0.1) is 0 Å². The first-order valence-corrected chi connectivity index (χ1v) is 8.74. The minimum atomic E-state index is 0.609. The van der Waals surface area contributed by atoms with Gasteiger partial charge in [-0.3, -0.25) is 4.90 Å². The Kier molecular flexibility index (Phi) is 4.58. The summed E-state index contributed by atoms with van der Waals surface area (Å²) in [4.78, 5) is 9.56. The number of nitrogens with zero attached hydrogens (tertiary/aromatic N) is 3. The van der Waals surface area contributed by atoms with E-state index in [2.05, 4.69) is 39.3 Å². The van der Waals surface area contributed by atoms with E-state index in [-0.39, 0.29) is 0 Å². The first kappa shape index (κ1) is 14.3. The molecule has 0 spiro atoms. The van der Waals surface area contributed by atoms with E-state index in [0.29, 0.717) is 6.04 Å². The summed E-state index contributed by atoms with van der Waals surface area (Å²) in [6.45, 7) is 10.3. The summed E-state index contributed by atoms with van der Waals surface area (Å²) in [6.07, 6.45) is 4.70. The van der Waals surface area contributed by atoms with Crippen LogP contribution < -0.4 is 10.2 Å². The fourth-order valence-corrected chi connectivity index (χ4v) is 3.97. The normalized spacial score (nSPS) is 27.9. The van der Waals surface area contributed by atoms with Crippen LogP contribution in [0.4, 0.5) is 5.13 Å². The van der Waals surface area contributed by atoms with Crippen LogP contribution in [-0.2, 0) is 0 Å². The molecule has 2 atom stereocenters. The van der Waals surface area contributed by atoms with E-state index in [1.54, 1.807) is 11.3 Å². The molecule has 0 aromatic carbocycles. The highest BCUT2D eigenvalue weighted by molar-refractivity contribution is 7.13. The van der Waals surface area contributed by atoms with Gasteiger partial charge in [-0.2, -0.15) is 0 Å². The molecule has 0 amide bonds. The van der Waals surface area contributed by atoms with Crippen molar-refractivity contribution in [2.75, 3.05) is 37.6 Å². The number of anilines is 1. The lowest BCUT2D eigenvalue weighted by atomic mass is 9.78. The second-order valence-electron chi connectivity index (χ2n) is 6.31. The van der Waals surface area contributed by atoms with Gasteiger partial charge in [0.25, 0.3) is 0 Å². The third-order valence-electron chi connectivity index (χ3n) is 4.64. The third-order valence-corrected chi connectivity index (χ3v) is 5.47. The molecule has 1 saturated heterocycles. The summed E-state index contributed by atoms with van der Waals surface area (Å²) in [5.41, 5.74) is 0. The minimum absolute atomic E-state index is 0.609. The molecule has 1 saturated carbocycles. The van der Waals surface area contributed by atoms with Gasteiger partial charge in [-0.05, 0) is 25.3 Å². The molecule has 2 unspecified atom stereocenters. The van der Waals surface area contributed by atoms with Crippen molar-refractivity contribution in [3.05, 3.63) is 11.6 Å². The number of thiazole rings is 1. The van der Waals surface area contributed by atoms with Gasteiger partial charge in [-0.15, -0.1) is 11.3 Å². The van der Waals surface area contributed by atoms with Crippen molar-refractivity contribution in [3.63, 3.8) is 0 Å². The van der Waals surface area contributed by atoms with Crippen molar-refractivity contribution < 1.29 is 0 Å². The number of piperazine rings is 1. The second kappa shape index (κ2) is 6.41. The zero-order valence-electron chi connectivity index (χ0n) is 12.6. The van der Waals surface area contributed by atoms with Crippen molar-refractivity contribution >= 4 is 16.5 Å². The van der Waals surface area contributed by atoms with E-state index < -0.39 is 0 Å². The van der Waals surface area contributed by atoms with Crippen LogP contribution in [0.2, 0.25) is 0 Å². The van der Waals surface area contributed by atoms with E-state index in [1.807, 2.05) is 6.20 Å². The molecule has 0 bridgehead atoms. The Bertz CT molecular complexity index is 398. The maximum atomic E-state index is 4.42. The maximum Gasteiger partial charge on any atom is 0.185 e. The number of rotatable bonds is 5. The Morgan fingerprint density at radius 3 is 2.65 bits per heavy atom. The Morgan fingerprint density at radius 2 is 2.10 bits per heavy atom. The zero-order valence-corrected chi connectivity index (χ0v) is 13.4. The van der Waals surface area contributed by atoms with Crippen molar-refractivity contribution in [3.8, 4) is 0 Å². The predicted molar refractivity (Wildman–Crippen MR) is 85.6 cm³/mol. The van der Waals surface area contributed by atoms with Crippen LogP contribution in [0.1, 0.15) is 26.7 Å². The molecule has 1 aliphatic carbocycles. The van der Waals surface area contributed by atoms with Crippen LogP contribution in [0.15, 0.2) is 11.6 Å². The molecule has 1 aliphatic heterocycles. The average Bonchev–Trinajstić information content (AvgIpc) is 2.92. The van der Waals surface area contributed by atoms with Gasteiger partial charge in [-0.1, -0.05) is 13.8 Å². The van der Waals surface area contributed by atoms with Gasteiger partial charge >= 0.3 is 0 Å². The first-order valence-electron chi connectivity index (χ1n) is 7.86. The van der Waals surface area contributed by atoms with Gasteiger partial charge in [0.1, 0.15) is 0 Å². The van der Waals surface area contributed by atoms with Gasteiger partial charge in [0.15, 0.2) is 5.13 Å². The first-order chi connectivity index (χ1) is 9.74. The SMILES string of the molecule is CC(C)NCC1CCC1N1CCN(c2nccs2)CC1. The van der Waals surface area contributed by atoms with Gasteiger partial charge < -0.3 is 10.2 Å². The third kappa shape index (κ3) is 3.15. The summed E-state index contributed by atoms with van der Waals surface area (Å²) < 4.78 is 0. The smallest absolute Gasteiger partial charge is 0.185 e. The lowest BCUT2D eigenvalue weighted by Gasteiger charge is -2.48. The van der Waals surface area contributed by atoms with E-state index in [0.717, 1.165) is 25.0 Å². The number of hydrogen-bond donors (Lipinski definition) is 1. The Labute approximate surface area is 126 Å². The molecule has 4 nitrogen and oxygen atoms in total. The molecular formula is C15H26N4S. The van der Waals surface area contributed by atoms with Crippen molar-refractivity contribution in [2.45, 2.75) is 38.8 Å². The predicted octanol–water partition coefficient (Wildman–Crippen LogP) is 2.04. The topological polar surface area (TPSA) is 31.4 Å². The molecule has 3 rings (SSSR count). The van der Waals surface area contributed by atoms with Crippen LogP contribution >= 0.6 is 11.3 Å². The summed E-state index contributed by atoms with van der Waals surface area (Å²) >= 11 is 1.76. The minimum Gasteiger partial charge on any atom is -0.346 e. The van der Waals surface area contributed by atoms with E-state index in [1.165, 1.54) is 37.6 Å². The highest BCUT2D eigenvalue weighted by Crippen LogP contribution is 2.33. The molecule has 112 valence electrons. The molecule has 20 heavy (non-hydrogen) atoms. The Hall–Kier alpha value is -0.650. The summed E-state index contributed by atoms with van der Waals surface area (Å²) in [6, 6.07) is 1.43. The van der Waals surface area contributed by atoms with Gasteiger partial charge in [0, 0.05) is 49.8 Å². The highest BCUT2D eigenvalue weighted by atomic mass is 32.1. The second-order valence-corrected chi connectivity index (χ2v) is 7.18. The Balaban J connectivity index is 1.46. The molecule has 1 N–H and O–H groups in total. The lowest BCUT2D eigenvalue weighted by Crippen LogP contribution is -2.57. The van der Waals surface area contributed by atoms with Crippen molar-refractivity contribution in [1.29, 1.82) is 0 Å². The monoisotopic (exact) mass is 294 g/mol. The lowest BCUT2D eigenvalue weighted by molar-refractivity contribution is 0.0562. The van der Waals surface area contributed by atoms with Crippen LogP contribution in [0.3, 0.4) is 0 Å².